The zero-order chi connectivity index (χ0) is 11.8. The first-order valence-corrected chi connectivity index (χ1v) is 5.59. The molecule has 2 heteroatoms. The van der Waals surface area contributed by atoms with Crippen LogP contribution in [0.2, 0.25) is 0 Å². The van der Waals surface area contributed by atoms with Crippen molar-refractivity contribution < 1.29 is 0 Å². The van der Waals surface area contributed by atoms with E-state index < -0.39 is 0 Å². The van der Waals surface area contributed by atoms with E-state index in [1.807, 2.05) is 13.1 Å². The van der Waals surface area contributed by atoms with Gasteiger partial charge in [-0.1, -0.05) is 19.9 Å². The van der Waals surface area contributed by atoms with E-state index in [0.29, 0.717) is 0 Å². The summed E-state index contributed by atoms with van der Waals surface area (Å²) in [5, 5.41) is 3.30. The van der Waals surface area contributed by atoms with Crippen LogP contribution in [0.4, 0.5) is 0 Å². The SMILES string of the molecule is CC1=CNC(c2ccc(C)cn2)=CC1(C)C. The number of hydrogen-bond donors (Lipinski definition) is 1. The Kier molecular flexibility index (Phi) is 2.58. The lowest BCUT2D eigenvalue weighted by atomic mass is 9.83. The molecule has 1 aromatic heterocycles. The highest BCUT2D eigenvalue weighted by atomic mass is 14.9. The molecule has 0 fully saturated rings. The molecular weight excluding hydrogens is 196 g/mol. The average Bonchev–Trinajstić information content (AvgIpc) is 2.23. The number of hydrogen-bond acceptors (Lipinski definition) is 2. The van der Waals surface area contributed by atoms with Gasteiger partial charge in [0.2, 0.25) is 0 Å². The third kappa shape index (κ3) is 2.01. The standard InChI is InChI=1S/C14H18N2/c1-10-5-6-12(15-8-10)13-7-14(3,4)11(2)9-16-13/h5-9,16H,1-4H3. The fourth-order valence-corrected chi connectivity index (χ4v) is 1.66. The van der Waals surface area contributed by atoms with Crippen molar-refractivity contribution in [1.29, 1.82) is 0 Å². The number of aryl methyl sites for hydroxylation is 1. The number of dihydropyridines is 1. The van der Waals surface area contributed by atoms with Crippen molar-refractivity contribution in [2.75, 3.05) is 0 Å². The van der Waals surface area contributed by atoms with E-state index in [1.165, 1.54) is 11.1 Å². The molecule has 2 heterocycles. The molecule has 84 valence electrons. The van der Waals surface area contributed by atoms with Gasteiger partial charge >= 0.3 is 0 Å². The first kappa shape index (κ1) is 10.9. The van der Waals surface area contributed by atoms with E-state index in [2.05, 4.69) is 55.5 Å². The Hall–Kier alpha value is -1.57. The molecule has 0 unspecified atom stereocenters. The molecule has 0 atom stereocenters. The first-order valence-electron chi connectivity index (χ1n) is 5.59. The Morgan fingerprint density at radius 2 is 1.94 bits per heavy atom. The second kappa shape index (κ2) is 3.78. The van der Waals surface area contributed by atoms with Crippen LogP contribution in [0.15, 0.2) is 36.2 Å². The number of aromatic nitrogens is 1. The maximum absolute atomic E-state index is 4.43. The third-order valence-corrected chi connectivity index (χ3v) is 3.15. The van der Waals surface area contributed by atoms with E-state index in [0.717, 1.165) is 11.4 Å². The third-order valence-electron chi connectivity index (χ3n) is 3.15. The van der Waals surface area contributed by atoms with Crippen molar-refractivity contribution in [3.05, 3.63) is 47.4 Å². The molecular formula is C14H18N2. The minimum atomic E-state index is 0.104. The minimum Gasteiger partial charge on any atom is -0.360 e. The predicted octanol–water partition coefficient (Wildman–Crippen LogP) is 3.26. The molecule has 2 nitrogen and oxygen atoms in total. The monoisotopic (exact) mass is 214 g/mol. The second-order valence-corrected chi connectivity index (χ2v) is 4.97. The molecule has 0 saturated heterocycles. The van der Waals surface area contributed by atoms with Crippen LogP contribution in [0.1, 0.15) is 32.0 Å². The number of allylic oxidation sites excluding steroid dienone is 2. The second-order valence-electron chi connectivity index (χ2n) is 4.97. The molecule has 0 radical (unpaired) electrons. The fraction of sp³-hybridized carbons (Fsp3) is 0.357. The highest BCUT2D eigenvalue weighted by molar-refractivity contribution is 5.65. The maximum Gasteiger partial charge on any atom is 0.0861 e. The van der Waals surface area contributed by atoms with Gasteiger partial charge in [0.25, 0.3) is 0 Å². The van der Waals surface area contributed by atoms with Crippen LogP contribution < -0.4 is 5.32 Å². The summed E-state index contributed by atoms with van der Waals surface area (Å²) in [5.74, 6) is 0. The van der Waals surface area contributed by atoms with Crippen LogP contribution in [0.25, 0.3) is 5.70 Å². The van der Waals surface area contributed by atoms with Gasteiger partial charge in [0, 0.05) is 17.8 Å². The van der Waals surface area contributed by atoms with Crippen molar-refractivity contribution in [2.24, 2.45) is 5.41 Å². The molecule has 1 aromatic rings. The van der Waals surface area contributed by atoms with Gasteiger partial charge in [-0.25, -0.2) is 0 Å². The highest BCUT2D eigenvalue weighted by Crippen LogP contribution is 2.32. The lowest BCUT2D eigenvalue weighted by molar-refractivity contribution is 0.566. The van der Waals surface area contributed by atoms with E-state index >= 15 is 0 Å². The Morgan fingerprint density at radius 3 is 2.50 bits per heavy atom. The van der Waals surface area contributed by atoms with E-state index in [1.54, 1.807) is 0 Å². The number of pyridine rings is 1. The normalized spacial score (nSPS) is 18.5. The smallest absolute Gasteiger partial charge is 0.0861 e. The number of nitrogens with one attached hydrogen (secondary N) is 1. The minimum absolute atomic E-state index is 0.104. The molecule has 0 saturated carbocycles. The molecule has 1 aliphatic heterocycles. The van der Waals surface area contributed by atoms with Crippen molar-refractivity contribution in [3.63, 3.8) is 0 Å². The van der Waals surface area contributed by atoms with Gasteiger partial charge in [-0.2, -0.15) is 0 Å². The van der Waals surface area contributed by atoms with Crippen LogP contribution in [0.3, 0.4) is 0 Å². The highest BCUT2D eigenvalue weighted by Gasteiger charge is 2.22. The predicted molar refractivity (Wildman–Crippen MR) is 67.6 cm³/mol. The van der Waals surface area contributed by atoms with Gasteiger partial charge < -0.3 is 5.32 Å². The molecule has 0 spiro atoms. The topological polar surface area (TPSA) is 24.9 Å². The van der Waals surface area contributed by atoms with Gasteiger partial charge in [0.15, 0.2) is 0 Å². The zero-order valence-corrected chi connectivity index (χ0v) is 10.3. The summed E-state index contributed by atoms with van der Waals surface area (Å²) in [4.78, 5) is 4.43. The molecule has 16 heavy (non-hydrogen) atoms. The van der Waals surface area contributed by atoms with E-state index in [4.69, 9.17) is 0 Å². The number of nitrogens with zero attached hydrogens (tertiary/aromatic N) is 1. The molecule has 1 aliphatic rings. The Morgan fingerprint density at radius 1 is 1.19 bits per heavy atom. The number of rotatable bonds is 1. The maximum atomic E-state index is 4.43. The largest absolute Gasteiger partial charge is 0.360 e. The quantitative estimate of drug-likeness (QED) is 0.776. The molecule has 0 amide bonds. The van der Waals surface area contributed by atoms with Crippen molar-refractivity contribution in [1.82, 2.24) is 10.3 Å². The molecule has 2 rings (SSSR count). The molecule has 0 aliphatic carbocycles. The van der Waals surface area contributed by atoms with Crippen molar-refractivity contribution >= 4 is 5.70 Å². The average molecular weight is 214 g/mol. The lowest BCUT2D eigenvalue weighted by Crippen LogP contribution is -2.21. The molecule has 0 aromatic carbocycles. The van der Waals surface area contributed by atoms with E-state index in [-0.39, 0.29) is 5.41 Å². The van der Waals surface area contributed by atoms with Gasteiger partial charge in [-0.15, -0.1) is 0 Å². The van der Waals surface area contributed by atoms with E-state index in [9.17, 15) is 0 Å². The van der Waals surface area contributed by atoms with Crippen LogP contribution in [-0.4, -0.2) is 4.98 Å². The summed E-state index contributed by atoms with van der Waals surface area (Å²) in [6, 6.07) is 4.14. The van der Waals surface area contributed by atoms with Crippen LogP contribution in [-0.2, 0) is 0 Å². The Balaban J connectivity index is 2.34. The van der Waals surface area contributed by atoms with Crippen molar-refractivity contribution in [2.45, 2.75) is 27.7 Å². The molecule has 1 N–H and O–H groups in total. The van der Waals surface area contributed by atoms with Gasteiger partial charge in [0.1, 0.15) is 0 Å². The van der Waals surface area contributed by atoms with Gasteiger partial charge in [-0.3, -0.25) is 4.98 Å². The van der Waals surface area contributed by atoms with Crippen LogP contribution >= 0.6 is 0 Å². The Bertz CT molecular complexity index is 450. The van der Waals surface area contributed by atoms with Gasteiger partial charge in [-0.05, 0) is 37.1 Å². The van der Waals surface area contributed by atoms with Crippen molar-refractivity contribution in [3.8, 4) is 0 Å². The summed E-state index contributed by atoms with van der Waals surface area (Å²) in [7, 11) is 0. The lowest BCUT2D eigenvalue weighted by Gasteiger charge is -2.28. The molecule has 0 bridgehead atoms. The van der Waals surface area contributed by atoms with Crippen LogP contribution in [0.5, 0.6) is 0 Å². The summed E-state index contributed by atoms with van der Waals surface area (Å²) < 4.78 is 0. The van der Waals surface area contributed by atoms with Gasteiger partial charge in [0.05, 0.1) is 11.4 Å². The first-order chi connectivity index (χ1) is 7.49. The summed E-state index contributed by atoms with van der Waals surface area (Å²) in [5.41, 5.74) is 4.72. The summed E-state index contributed by atoms with van der Waals surface area (Å²) in [6.07, 6.45) is 6.20. The summed E-state index contributed by atoms with van der Waals surface area (Å²) >= 11 is 0. The van der Waals surface area contributed by atoms with Crippen LogP contribution in [0, 0.1) is 12.3 Å². The fourth-order valence-electron chi connectivity index (χ4n) is 1.66. The zero-order valence-electron chi connectivity index (χ0n) is 10.3. The Labute approximate surface area is 97.1 Å². The summed E-state index contributed by atoms with van der Waals surface area (Å²) in [6.45, 7) is 8.62.